The minimum absolute atomic E-state index is 0.0305. The van der Waals surface area contributed by atoms with Crippen molar-refractivity contribution in [3.63, 3.8) is 0 Å². The molecule has 132 valence electrons. The van der Waals surface area contributed by atoms with E-state index in [0.29, 0.717) is 28.0 Å². The Labute approximate surface area is 151 Å². The second kappa shape index (κ2) is 5.57. The van der Waals surface area contributed by atoms with E-state index in [1.165, 1.54) is 0 Å². The highest BCUT2D eigenvalue weighted by molar-refractivity contribution is 5.86. The molecular weight excluding hydrogens is 348 g/mol. The van der Waals surface area contributed by atoms with Gasteiger partial charge in [-0.2, -0.15) is 0 Å². The number of nitrogens with zero attached hydrogens (tertiary/aromatic N) is 1. The van der Waals surface area contributed by atoms with Crippen LogP contribution in [0.2, 0.25) is 0 Å². The van der Waals surface area contributed by atoms with Crippen LogP contribution in [-0.2, 0) is 0 Å². The standard InChI is InChI=1S/C20H12N2O5/c23-18-16(19(24)22-9-21-18)14-10-5-1-3-7-12(10)26-17-11-6-2-4-8-13(11)27-20(25)15(14)17/h1-9,14H,(H2,21,22,23,24). The Kier molecular flexibility index (Phi) is 3.17. The maximum atomic E-state index is 12.8. The quantitative estimate of drug-likeness (QED) is 0.445. The fourth-order valence-electron chi connectivity index (χ4n) is 3.53. The number of H-pyrrole nitrogens is 1. The Morgan fingerprint density at radius 3 is 2.63 bits per heavy atom. The van der Waals surface area contributed by atoms with Crippen molar-refractivity contribution < 1.29 is 14.3 Å². The Hall–Kier alpha value is -3.87. The first-order valence-electron chi connectivity index (χ1n) is 8.24. The lowest BCUT2D eigenvalue weighted by Crippen LogP contribution is -2.26. The molecule has 4 aromatic rings. The van der Waals surface area contributed by atoms with Crippen molar-refractivity contribution in [1.29, 1.82) is 0 Å². The Morgan fingerprint density at radius 1 is 1.00 bits per heavy atom. The van der Waals surface area contributed by atoms with Crippen LogP contribution in [0.4, 0.5) is 0 Å². The number of hydrogen-bond donors (Lipinski definition) is 2. The summed E-state index contributed by atoms with van der Waals surface area (Å²) < 4.78 is 11.5. The number of para-hydroxylation sites is 2. The number of aromatic nitrogens is 2. The van der Waals surface area contributed by atoms with Crippen LogP contribution in [0.25, 0.3) is 11.0 Å². The second-order valence-electron chi connectivity index (χ2n) is 6.17. The van der Waals surface area contributed by atoms with Crippen molar-refractivity contribution in [2.24, 2.45) is 0 Å². The van der Waals surface area contributed by atoms with Gasteiger partial charge in [-0.25, -0.2) is 9.78 Å². The van der Waals surface area contributed by atoms with Crippen LogP contribution in [0, 0.1) is 0 Å². The first kappa shape index (κ1) is 15.4. The molecule has 27 heavy (non-hydrogen) atoms. The van der Waals surface area contributed by atoms with E-state index in [0.717, 1.165) is 6.33 Å². The summed E-state index contributed by atoms with van der Waals surface area (Å²) in [6.45, 7) is 0. The van der Waals surface area contributed by atoms with Gasteiger partial charge in [-0.1, -0.05) is 30.3 Å². The number of hydrogen-bond acceptors (Lipinski definition) is 6. The van der Waals surface area contributed by atoms with Gasteiger partial charge in [0.15, 0.2) is 0 Å². The zero-order valence-electron chi connectivity index (χ0n) is 13.8. The molecule has 0 spiro atoms. The normalized spacial score (nSPS) is 15.0. The zero-order valence-corrected chi connectivity index (χ0v) is 13.8. The maximum absolute atomic E-state index is 12.8. The highest BCUT2D eigenvalue weighted by Crippen LogP contribution is 2.48. The Balaban J connectivity index is 1.94. The summed E-state index contributed by atoms with van der Waals surface area (Å²) in [5.41, 5.74) is -0.100. The molecule has 2 aromatic heterocycles. The molecule has 2 N–H and O–H groups in total. The number of aromatic amines is 1. The summed E-state index contributed by atoms with van der Waals surface area (Å²) in [5, 5.41) is 10.9. The van der Waals surface area contributed by atoms with Gasteiger partial charge in [-0.3, -0.25) is 4.79 Å². The van der Waals surface area contributed by atoms with E-state index < -0.39 is 23.0 Å². The molecule has 0 aliphatic carbocycles. The van der Waals surface area contributed by atoms with E-state index in [1.807, 2.05) is 0 Å². The number of aromatic hydroxyl groups is 1. The summed E-state index contributed by atoms with van der Waals surface area (Å²) >= 11 is 0. The van der Waals surface area contributed by atoms with Crippen LogP contribution in [0.1, 0.15) is 22.6 Å². The molecule has 0 saturated heterocycles. The first-order valence-corrected chi connectivity index (χ1v) is 8.24. The molecule has 2 aromatic carbocycles. The second-order valence-corrected chi connectivity index (χ2v) is 6.17. The Bertz CT molecular complexity index is 1320. The van der Waals surface area contributed by atoms with Crippen molar-refractivity contribution in [3.8, 4) is 17.4 Å². The van der Waals surface area contributed by atoms with Gasteiger partial charge in [-0.15, -0.1) is 0 Å². The molecule has 0 radical (unpaired) electrons. The monoisotopic (exact) mass is 360 g/mol. The number of ether oxygens (including phenoxy) is 1. The number of benzene rings is 2. The van der Waals surface area contributed by atoms with Crippen LogP contribution >= 0.6 is 0 Å². The van der Waals surface area contributed by atoms with E-state index in [1.54, 1.807) is 48.5 Å². The van der Waals surface area contributed by atoms with Gasteiger partial charge in [0.2, 0.25) is 5.88 Å². The molecule has 7 heteroatoms. The number of fused-ring (bicyclic) bond motifs is 4. The van der Waals surface area contributed by atoms with Gasteiger partial charge in [0, 0.05) is 5.56 Å². The maximum Gasteiger partial charge on any atom is 0.344 e. The predicted octanol–water partition coefficient (Wildman–Crippen LogP) is 2.87. The van der Waals surface area contributed by atoms with Crippen molar-refractivity contribution >= 4 is 11.0 Å². The van der Waals surface area contributed by atoms with Gasteiger partial charge >= 0.3 is 5.63 Å². The smallest absolute Gasteiger partial charge is 0.344 e. The summed E-state index contributed by atoms with van der Waals surface area (Å²) in [7, 11) is 0. The third-order valence-electron chi connectivity index (χ3n) is 4.69. The molecule has 1 aliphatic heterocycles. The largest absolute Gasteiger partial charge is 0.493 e. The van der Waals surface area contributed by atoms with Crippen LogP contribution < -0.4 is 15.9 Å². The third-order valence-corrected chi connectivity index (χ3v) is 4.69. The predicted molar refractivity (Wildman–Crippen MR) is 96.5 cm³/mol. The molecule has 1 atom stereocenters. The van der Waals surface area contributed by atoms with E-state index >= 15 is 0 Å². The SMILES string of the molecule is O=c1[nH]cnc(O)c1C1c2ccccc2Oc2c1c(=O)oc1ccccc21. The molecule has 0 bridgehead atoms. The average Bonchev–Trinajstić information content (AvgIpc) is 2.67. The van der Waals surface area contributed by atoms with Crippen LogP contribution in [-0.4, -0.2) is 15.1 Å². The fourth-order valence-corrected chi connectivity index (χ4v) is 3.53. The summed E-state index contributed by atoms with van der Waals surface area (Å²) in [6, 6.07) is 14.0. The van der Waals surface area contributed by atoms with Gasteiger partial charge < -0.3 is 19.2 Å². The van der Waals surface area contributed by atoms with Crippen LogP contribution in [0.15, 0.2) is 68.9 Å². The average molecular weight is 360 g/mol. The van der Waals surface area contributed by atoms with Gasteiger partial charge in [-0.05, 0) is 18.2 Å². The fraction of sp³-hybridized carbons (Fsp3) is 0.0500. The van der Waals surface area contributed by atoms with E-state index in [9.17, 15) is 14.7 Å². The Morgan fingerprint density at radius 2 is 1.78 bits per heavy atom. The van der Waals surface area contributed by atoms with E-state index in [2.05, 4.69) is 9.97 Å². The topological polar surface area (TPSA) is 105 Å². The molecule has 0 fully saturated rings. The van der Waals surface area contributed by atoms with Gasteiger partial charge in [0.25, 0.3) is 5.56 Å². The third kappa shape index (κ3) is 2.18. The van der Waals surface area contributed by atoms with Crippen LogP contribution in [0.3, 0.4) is 0 Å². The van der Waals surface area contributed by atoms with Crippen molar-refractivity contribution in [2.75, 3.05) is 0 Å². The highest BCUT2D eigenvalue weighted by atomic mass is 16.5. The van der Waals surface area contributed by atoms with E-state index in [-0.39, 0.29) is 11.1 Å². The molecule has 5 rings (SSSR count). The molecule has 0 amide bonds. The number of rotatable bonds is 1. The highest BCUT2D eigenvalue weighted by Gasteiger charge is 2.37. The lowest BCUT2D eigenvalue weighted by molar-refractivity contribution is 0.423. The molecule has 0 saturated carbocycles. The molecule has 3 heterocycles. The molecular formula is C20H12N2O5. The molecule has 7 nitrogen and oxygen atoms in total. The summed E-state index contributed by atoms with van der Waals surface area (Å²) in [5.74, 6) is -0.510. The van der Waals surface area contributed by atoms with Crippen molar-refractivity contribution in [3.05, 3.63) is 92.3 Å². The van der Waals surface area contributed by atoms with Crippen LogP contribution in [0.5, 0.6) is 17.4 Å². The number of nitrogens with one attached hydrogen (secondary N) is 1. The zero-order chi connectivity index (χ0) is 18.5. The van der Waals surface area contributed by atoms with Gasteiger partial charge in [0.05, 0.1) is 28.8 Å². The van der Waals surface area contributed by atoms with Crippen molar-refractivity contribution in [1.82, 2.24) is 9.97 Å². The molecule has 1 unspecified atom stereocenters. The lowest BCUT2D eigenvalue weighted by Gasteiger charge is -2.27. The first-order chi connectivity index (χ1) is 13.1. The lowest BCUT2D eigenvalue weighted by atomic mass is 9.83. The van der Waals surface area contributed by atoms with Crippen molar-refractivity contribution in [2.45, 2.75) is 5.92 Å². The van der Waals surface area contributed by atoms with E-state index in [4.69, 9.17) is 9.15 Å². The summed E-state index contributed by atoms with van der Waals surface area (Å²) in [4.78, 5) is 31.6. The minimum atomic E-state index is -0.872. The van der Waals surface area contributed by atoms with Gasteiger partial charge in [0.1, 0.15) is 17.1 Å². The summed E-state index contributed by atoms with van der Waals surface area (Å²) in [6.07, 6.45) is 1.11. The molecule has 1 aliphatic rings. The minimum Gasteiger partial charge on any atom is -0.493 e.